The van der Waals surface area contributed by atoms with E-state index in [1.54, 1.807) is 0 Å². The Labute approximate surface area is 184 Å². The second-order valence-corrected chi connectivity index (χ2v) is 14.6. The summed E-state index contributed by atoms with van der Waals surface area (Å²) in [5.74, 6) is 0.488. The fourth-order valence-electron chi connectivity index (χ4n) is 6.15. The molecule has 5 nitrogen and oxygen atoms in total. The third kappa shape index (κ3) is 3.26. The predicted octanol–water partition coefficient (Wildman–Crippen LogP) is 5.79. The standard InChI is InChI=1S/C22H45ClN3O2P/c1-10-24(11-2)29(23,25(12-3)13-4,26(14-5)15-6)28-19-18-16-17-22(9,20(19)27)21(18,7)8/h18-19H,10-17H2,1-9H3. The summed E-state index contributed by atoms with van der Waals surface area (Å²) >= 11 is 7.95. The molecular formula is C22H45ClN3O2P. The number of hydrogen-bond donors (Lipinski definition) is 0. The average Bonchev–Trinajstić information content (AvgIpc) is 2.98. The van der Waals surface area contributed by atoms with Crippen LogP contribution in [0.5, 0.6) is 0 Å². The van der Waals surface area contributed by atoms with Crippen LogP contribution in [0, 0.1) is 16.7 Å². The molecule has 2 saturated carbocycles. The van der Waals surface area contributed by atoms with Crippen LogP contribution in [-0.2, 0) is 9.32 Å². The van der Waals surface area contributed by atoms with Crippen molar-refractivity contribution < 1.29 is 9.32 Å². The van der Waals surface area contributed by atoms with E-state index >= 15 is 0 Å². The van der Waals surface area contributed by atoms with Gasteiger partial charge in [-0.05, 0) is 0 Å². The molecule has 2 bridgehead atoms. The number of halogens is 1. The molecule has 3 atom stereocenters. The average molecular weight is 450 g/mol. The second-order valence-electron chi connectivity index (χ2n) is 9.32. The molecule has 0 N–H and O–H groups in total. The van der Waals surface area contributed by atoms with E-state index in [2.05, 4.69) is 76.3 Å². The molecule has 2 aliphatic rings. The van der Waals surface area contributed by atoms with Crippen LogP contribution < -0.4 is 0 Å². The summed E-state index contributed by atoms with van der Waals surface area (Å²) in [5.41, 5.74) is -0.374. The molecular weight excluding hydrogens is 405 g/mol. The molecule has 2 rings (SSSR count). The summed E-state index contributed by atoms with van der Waals surface area (Å²) in [4.78, 5) is 13.7. The topological polar surface area (TPSA) is 36.0 Å². The normalized spacial score (nSPS) is 30.5. The van der Waals surface area contributed by atoms with Gasteiger partial charge in [-0.15, -0.1) is 0 Å². The summed E-state index contributed by atoms with van der Waals surface area (Å²) in [5, 5.41) is 0. The van der Waals surface area contributed by atoms with E-state index in [1.165, 1.54) is 0 Å². The van der Waals surface area contributed by atoms with E-state index in [-0.39, 0.29) is 22.5 Å². The first-order chi connectivity index (χ1) is 13.5. The molecule has 0 aromatic carbocycles. The van der Waals surface area contributed by atoms with Crippen molar-refractivity contribution in [1.82, 2.24) is 14.0 Å². The maximum absolute atomic E-state index is 13.7. The molecule has 3 unspecified atom stereocenters. The monoisotopic (exact) mass is 449 g/mol. The predicted molar refractivity (Wildman–Crippen MR) is 126 cm³/mol. The van der Waals surface area contributed by atoms with Gasteiger partial charge in [0, 0.05) is 0 Å². The van der Waals surface area contributed by atoms with Crippen LogP contribution in [0.25, 0.3) is 0 Å². The molecule has 0 aliphatic heterocycles. The zero-order chi connectivity index (χ0) is 22.3. The Kier molecular flexibility index (Phi) is 7.59. The van der Waals surface area contributed by atoms with Gasteiger partial charge < -0.3 is 0 Å². The van der Waals surface area contributed by atoms with Gasteiger partial charge in [0.15, 0.2) is 0 Å². The van der Waals surface area contributed by atoms with Crippen molar-refractivity contribution in [2.45, 2.75) is 81.3 Å². The van der Waals surface area contributed by atoms with Gasteiger partial charge in [0.2, 0.25) is 0 Å². The Balaban J connectivity index is 2.69. The minimum absolute atomic E-state index is 0.0590. The van der Waals surface area contributed by atoms with Crippen molar-refractivity contribution in [2.75, 3.05) is 39.3 Å². The minimum atomic E-state index is -3.69. The van der Waals surface area contributed by atoms with Crippen molar-refractivity contribution >= 4 is 23.7 Å². The molecule has 2 fully saturated rings. The van der Waals surface area contributed by atoms with Gasteiger partial charge in [0.25, 0.3) is 0 Å². The molecule has 0 amide bonds. The summed E-state index contributed by atoms with van der Waals surface area (Å²) in [6.07, 6.45) is 1.57. The molecule has 7 heteroatoms. The molecule has 2 aliphatic carbocycles. The van der Waals surface area contributed by atoms with Gasteiger partial charge in [0.1, 0.15) is 0 Å². The number of ketones is 1. The van der Waals surface area contributed by atoms with Crippen molar-refractivity contribution in [3.05, 3.63) is 0 Å². The maximum atomic E-state index is 13.7. The number of carbonyl (C=O) groups excluding carboxylic acids is 1. The fourth-order valence-corrected chi connectivity index (χ4v) is 13.3. The first kappa shape index (κ1) is 25.5. The fraction of sp³-hybridized carbons (Fsp3) is 0.955. The van der Waals surface area contributed by atoms with Crippen LogP contribution in [0.1, 0.15) is 75.2 Å². The molecule has 0 spiro atoms. The van der Waals surface area contributed by atoms with Gasteiger partial charge in [-0.1, -0.05) is 0 Å². The van der Waals surface area contributed by atoms with E-state index in [0.717, 1.165) is 52.1 Å². The van der Waals surface area contributed by atoms with Gasteiger partial charge in [-0.25, -0.2) is 0 Å². The number of fused-ring (bicyclic) bond motifs is 2. The zero-order valence-corrected chi connectivity index (χ0v) is 21.9. The van der Waals surface area contributed by atoms with Crippen LogP contribution in [0.2, 0.25) is 0 Å². The molecule has 29 heavy (non-hydrogen) atoms. The number of rotatable bonds is 11. The van der Waals surface area contributed by atoms with Crippen molar-refractivity contribution in [3.8, 4) is 0 Å². The van der Waals surface area contributed by atoms with E-state index < -0.39 is 12.7 Å². The van der Waals surface area contributed by atoms with Crippen molar-refractivity contribution in [1.29, 1.82) is 0 Å². The Bertz CT molecular complexity index is 571. The molecule has 0 radical (unpaired) electrons. The Morgan fingerprint density at radius 2 is 1.28 bits per heavy atom. The number of hydrogen-bond acceptors (Lipinski definition) is 5. The van der Waals surface area contributed by atoms with Gasteiger partial charge in [-0.3, -0.25) is 0 Å². The van der Waals surface area contributed by atoms with E-state index in [9.17, 15) is 4.79 Å². The van der Waals surface area contributed by atoms with E-state index in [1.807, 2.05) is 0 Å². The first-order valence-electron chi connectivity index (χ1n) is 11.7. The molecule has 0 aromatic rings. The first-order valence-corrected chi connectivity index (χ1v) is 14.6. The van der Waals surface area contributed by atoms with Gasteiger partial charge >= 0.3 is 184 Å². The summed E-state index contributed by atoms with van der Waals surface area (Å²) < 4.78 is 14.2. The quantitative estimate of drug-likeness (QED) is 0.373. The Morgan fingerprint density at radius 1 is 0.897 bits per heavy atom. The third-order valence-electron chi connectivity index (χ3n) is 8.38. The summed E-state index contributed by atoms with van der Waals surface area (Å²) in [7, 11) is 0. The molecule has 0 heterocycles. The number of nitrogens with zero attached hydrogens (tertiary/aromatic N) is 3. The SMILES string of the molecule is CCN(CC)P(Cl)(OC1C(=O)C2(C)CCC1C2(C)C)(N(CC)CC)N(CC)CC. The second kappa shape index (κ2) is 8.64. The van der Waals surface area contributed by atoms with Gasteiger partial charge in [0.05, 0.1) is 0 Å². The Morgan fingerprint density at radius 3 is 1.55 bits per heavy atom. The van der Waals surface area contributed by atoms with Crippen LogP contribution in [-0.4, -0.2) is 65.2 Å². The molecule has 0 saturated heterocycles. The van der Waals surface area contributed by atoms with Crippen LogP contribution in [0.3, 0.4) is 0 Å². The summed E-state index contributed by atoms with van der Waals surface area (Å²) in [6, 6.07) is 0. The van der Waals surface area contributed by atoms with Crippen molar-refractivity contribution in [3.63, 3.8) is 0 Å². The van der Waals surface area contributed by atoms with E-state index in [4.69, 9.17) is 15.8 Å². The zero-order valence-electron chi connectivity index (χ0n) is 20.3. The van der Waals surface area contributed by atoms with Gasteiger partial charge in [-0.2, -0.15) is 0 Å². The van der Waals surface area contributed by atoms with Crippen LogP contribution in [0.15, 0.2) is 0 Å². The van der Waals surface area contributed by atoms with Crippen LogP contribution >= 0.6 is 17.9 Å². The molecule has 172 valence electrons. The Hall–Kier alpha value is 0.230. The van der Waals surface area contributed by atoms with E-state index in [0.29, 0.717) is 0 Å². The molecule has 0 aromatic heterocycles. The summed E-state index contributed by atoms with van der Waals surface area (Å²) in [6.45, 7) is 20.6. The number of carbonyl (C=O) groups is 1. The number of Topliss-reactive ketones (excluding diaryl/α,β-unsaturated/α-hetero) is 1. The van der Waals surface area contributed by atoms with Crippen molar-refractivity contribution in [2.24, 2.45) is 16.7 Å². The van der Waals surface area contributed by atoms with Crippen LogP contribution in [0.4, 0.5) is 0 Å². The third-order valence-corrected chi connectivity index (χ3v) is 15.7.